The Morgan fingerprint density at radius 1 is 1.28 bits per heavy atom. The molecule has 0 amide bonds. The molecular weight excluding hydrogens is 312 g/mol. The number of ketones is 1. The average Bonchev–Trinajstić information content (AvgIpc) is 2.87. The molecule has 3 fully saturated rings. The van der Waals surface area contributed by atoms with Crippen LogP contribution in [0.4, 0.5) is 0 Å². The monoisotopic (exact) mass is 340 g/mol. The molecule has 0 aromatic carbocycles. The lowest BCUT2D eigenvalue weighted by Gasteiger charge is -2.54. The number of rotatable bonds is 1. The topological polar surface area (TPSA) is 43.4 Å². The second-order valence-corrected chi connectivity index (χ2v) is 8.87. The first-order valence-corrected chi connectivity index (χ1v) is 9.78. The zero-order valence-corrected chi connectivity index (χ0v) is 15.3. The second kappa shape index (κ2) is 5.73. The zero-order chi connectivity index (χ0) is 17.8. The molecule has 4 aliphatic rings. The Hall–Kier alpha value is -1.56. The summed E-state index contributed by atoms with van der Waals surface area (Å²) in [5, 5.41) is 0. The molecule has 0 heterocycles. The Morgan fingerprint density at radius 2 is 2.08 bits per heavy atom. The summed E-state index contributed by atoms with van der Waals surface area (Å²) in [5.74, 6) is 5.44. The second-order valence-electron chi connectivity index (χ2n) is 8.87. The highest BCUT2D eigenvalue weighted by atomic mass is 16.6. The Balaban J connectivity index is 1.65. The van der Waals surface area contributed by atoms with Crippen LogP contribution >= 0.6 is 0 Å². The van der Waals surface area contributed by atoms with Crippen LogP contribution in [0.25, 0.3) is 0 Å². The first kappa shape index (κ1) is 16.9. The highest BCUT2D eigenvalue weighted by molar-refractivity contribution is 5.82. The zero-order valence-electron chi connectivity index (χ0n) is 15.3. The fourth-order valence-corrected chi connectivity index (χ4v) is 6.78. The first-order chi connectivity index (χ1) is 11.9. The van der Waals surface area contributed by atoms with Crippen LogP contribution in [-0.4, -0.2) is 17.4 Å². The van der Waals surface area contributed by atoms with Gasteiger partial charge < -0.3 is 4.74 Å². The summed E-state index contributed by atoms with van der Waals surface area (Å²) < 4.78 is 5.79. The van der Waals surface area contributed by atoms with Crippen molar-refractivity contribution in [2.24, 2.45) is 29.1 Å². The van der Waals surface area contributed by atoms with Gasteiger partial charge in [0.15, 0.2) is 5.60 Å². The van der Waals surface area contributed by atoms with E-state index in [-0.39, 0.29) is 11.4 Å². The molecule has 0 radical (unpaired) electrons. The maximum Gasteiger partial charge on any atom is 0.304 e. The minimum Gasteiger partial charge on any atom is -0.445 e. The molecular formula is C22H28O3. The predicted octanol–water partition coefficient (Wildman–Crippen LogP) is 4.06. The lowest BCUT2D eigenvalue weighted by molar-refractivity contribution is -0.167. The molecule has 0 bridgehead atoms. The number of hydrogen-bond donors (Lipinski definition) is 0. The van der Waals surface area contributed by atoms with Crippen molar-refractivity contribution in [3.05, 3.63) is 11.6 Å². The van der Waals surface area contributed by atoms with E-state index >= 15 is 0 Å². The van der Waals surface area contributed by atoms with Gasteiger partial charge in [-0.3, -0.25) is 9.59 Å². The first-order valence-electron chi connectivity index (χ1n) is 9.78. The van der Waals surface area contributed by atoms with Crippen LogP contribution in [0.1, 0.15) is 65.2 Å². The molecule has 4 rings (SSSR count). The molecule has 0 aliphatic heterocycles. The summed E-state index contributed by atoms with van der Waals surface area (Å²) in [6.07, 6.45) is 15.8. The largest absolute Gasteiger partial charge is 0.445 e. The van der Waals surface area contributed by atoms with E-state index in [0.29, 0.717) is 35.9 Å². The third-order valence-corrected chi connectivity index (χ3v) is 7.94. The van der Waals surface area contributed by atoms with Crippen molar-refractivity contribution in [3.8, 4) is 12.3 Å². The Labute approximate surface area is 150 Å². The highest BCUT2D eigenvalue weighted by Gasteiger charge is 2.64. The van der Waals surface area contributed by atoms with Gasteiger partial charge in [-0.05, 0) is 62.2 Å². The van der Waals surface area contributed by atoms with Crippen LogP contribution in [0.3, 0.4) is 0 Å². The molecule has 6 atom stereocenters. The van der Waals surface area contributed by atoms with Crippen molar-refractivity contribution in [2.75, 3.05) is 0 Å². The Morgan fingerprint density at radius 3 is 2.80 bits per heavy atom. The minimum absolute atomic E-state index is 0.121. The van der Waals surface area contributed by atoms with Gasteiger partial charge in [-0.2, -0.15) is 0 Å². The number of hydrogen-bond acceptors (Lipinski definition) is 3. The van der Waals surface area contributed by atoms with Crippen molar-refractivity contribution < 1.29 is 14.3 Å². The number of carbonyl (C=O) groups excluding carboxylic acids is 2. The van der Waals surface area contributed by atoms with Gasteiger partial charge in [0.2, 0.25) is 0 Å². The van der Waals surface area contributed by atoms with Gasteiger partial charge in [0.1, 0.15) is 5.78 Å². The summed E-state index contributed by atoms with van der Waals surface area (Å²) in [6, 6.07) is 0. The molecule has 0 saturated heterocycles. The molecule has 0 unspecified atom stereocenters. The third-order valence-electron chi connectivity index (χ3n) is 7.94. The molecule has 134 valence electrons. The van der Waals surface area contributed by atoms with Crippen molar-refractivity contribution in [2.45, 2.75) is 70.8 Å². The molecule has 4 aliphatic carbocycles. The van der Waals surface area contributed by atoms with E-state index in [2.05, 4.69) is 18.9 Å². The van der Waals surface area contributed by atoms with Crippen LogP contribution in [0.2, 0.25) is 0 Å². The van der Waals surface area contributed by atoms with Crippen molar-refractivity contribution in [1.82, 2.24) is 0 Å². The molecule has 25 heavy (non-hydrogen) atoms. The number of fused-ring (bicyclic) bond motifs is 5. The number of allylic oxidation sites excluding steroid dienone is 2. The fourth-order valence-electron chi connectivity index (χ4n) is 6.78. The van der Waals surface area contributed by atoms with E-state index in [9.17, 15) is 9.59 Å². The highest BCUT2D eigenvalue weighted by Crippen LogP contribution is 2.65. The van der Waals surface area contributed by atoms with Crippen LogP contribution < -0.4 is 0 Å². The van der Waals surface area contributed by atoms with Gasteiger partial charge in [0, 0.05) is 25.2 Å². The maximum atomic E-state index is 11.8. The van der Waals surface area contributed by atoms with Gasteiger partial charge in [0.25, 0.3) is 0 Å². The molecule has 0 aromatic rings. The van der Waals surface area contributed by atoms with E-state index in [4.69, 9.17) is 11.2 Å². The summed E-state index contributed by atoms with van der Waals surface area (Å²) in [7, 11) is 0. The molecule has 3 saturated carbocycles. The van der Waals surface area contributed by atoms with Crippen molar-refractivity contribution in [1.29, 1.82) is 0 Å². The smallest absolute Gasteiger partial charge is 0.304 e. The summed E-state index contributed by atoms with van der Waals surface area (Å²) in [5.41, 5.74) is 0.549. The number of terminal acetylenes is 1. The average molecular weight is 340 g/mol. The van der Waals surface area contributed by atoms with E-state index in [0.717, 1.165) is 44.9 Å². The van der Waals surface area contributed by atoms with Gasteiger partial charge in [-0.1, -0.05) is 24.5 Å². The van der Waals surface area contributed by atoms with E-state index < -0.39 is 5.60 Å². The van der Waals surface area contributed by atoms with Gasteiger partial charge in [-0.15, -0.1) is 6.42 Å². The maximum absolute atomic E-state index is 11.8. The normalized spacial score (nSPS) is 45.5. The van der Waals surface area contributed by atoms with Gasteiger partial charge in [-0.25, -0.2) is 0 Å². The predicted molar refractivity (Wildman–Crippen MR) is 95.4 cm³/mol. The van der Waals surface area contributed by atoms with Crippen LogP contribution in [-0.2, 0) is 14.3 Å². The molecule has 3 nitrogen and oxygen atoms in total. The number of Topliss-reactive ketones (excluding diaryl/α,β-unsaturated/α-hetero) is 1. The van der Waals surface area contributed by atoms with Crippen LogP contribution in [0.5, 0.6) is 0 Å². The van der Waals surface area contributed by atoms with E-state index in [1.54, 1.807) is 0 Å². The molecule has 0 spiro atoms. The summed E-state index contributed by atoms with van der Waals surface area (Å²) >= 11 is 0. The Bertz CT molecular complexity index is 684. The lowest BCUT2D eigenvalue weighted by Crippen LogP contribution is -2.53. The standard InChI is InChI=1S/C22H28O3/c1-4-22(25-14(2)23)12-10-20-19-7-5-15-13-16(24)6-8-17(15)18(19)9-11-21(20,22)3/h1,5,17-20H,6-13H2,2-3H3/t17-,18+,19+,20-,21-,22-/m0/s1. The number of carbonyl (C=O) groups is 2. The van der Waals surface area contributed by atoms with Crippen molar-refractivity contribution in [3.63, 3.8) is 0 Å². The number of ether oxygens (including phenoxy) is 1. The van der Waals surface area contributed by atoms with E-state index in [1.165, 1.54) is 12.5 Å². The van der Waals surface area contributed by atoms with Crippen LogP contribution in [0.15, 0.2) is 11.6 Å². The quantitative estimate of drug-likeness (QED) is 0.411. The molecule has 3 heteroatoms. The third kappa shape index (κ3) is 2.33. The fraction of sp³-hybridized carbons (Fsp3) is 0.727. The Kier molecular flexibility index (Phi) is 3.87. The van der Waals surface area contributed by atoms with Gasteiger partial charge >= 0.3 is 5.97 Å². The summed E-state index contributed by atoms with van der Waals surface area (Å²) in [6.45, 7) is 3.73. The SMILES string of the molecule is C#C[C@]1(OC(C)=O)CC[C@H]2[C@@H]3CC=C4CC(=O)CC[C@@H]4[C@H]3CC[C@@]21C. The van der Waals surface area contributed by atoms with Crippen molar-refractivity contribution >= 4 is 11.8 Å². The molecule has 0 N–H and O–H groups in total. The lowest BCUT2D eigenvalue weighted by atomic mass is 9.51. The summed E-state index contributed by atoms with van der Waals surface area (Å²) in [4.78, 5) is 23.5. The number of esters is 1. The molecule has 0 aromatic heterocycles. The van der Waals surface area contributed by atoms with Crippen LogP contribution in [0, 0.1) is 41.4 Å². The minimum atomic E-state index is -0.735. The van der Waals surface area contributed by atoms with E-state index in [1.807, 2.05) is 0 Å². The van der Waals surface area contributed by atoms with Gasteiger partial charge in [0.05, 0.1) is 0 Å².